The predicted molar refractivity (Wildman–Crippen MR) is 66.0 cm³/mol. The lowest BCUT2D eigenvalue weighted by Crippen LogP contribution is -2.13. The number of pyridine rings is 1. The molecule has 6 heteroatoms. The summed E-state index contributed by atoms with van der Waals surface area (Å²) < 4.78 is 0. The molecule has 0 bridgehead atoms. The van der Waals surface area contributed by atoms with E-state index >= 15 is 0 Å². The number of aromatic nitrogens is 1. The van der Waals surface area contributed by atoms with Crippen LogP contribution < -0.4 is 10.9 Å². The zero-order chi connectivity index (χ0) is 12.8. The first-order valence-electron chi connectivity index (χ1n) is 5.25. The third-order valence-corrected chi connectivity index (χ3v) is 2.40. The molecule has 0 spiro atoms. The molecule has 0 aliphatic heterocycles. The summed E-state index contributed by atoms with van der Waals surface area (Å²) in [4.78, 5) is 23.7. The summed E-state index contributed by atoms with van der Waals surface area (Å²) in [5.74, 6) is 0. The van der Waals surface area contributed by atoms with Gasteiger partial charge in [-0.3, -0.25) is 14.9 Å². The predicted octanol–water partition coefficient (Wildman–Crippen LogP) is 1.21. The number of nitrogens with one attached hydrogen (secondary N) is 2. The topological polar surface area (TPSA) is 88.0 Å². The van der Waals surface area contributed by atoms with Crippen LogP contribution >= 0.6 is 0 Å². The average Bonchev–Trinajstić information content (AvgIpc) is 2.26. The van der Waals surface area contributed by atoms with Crippen LogP contribution in [0.15, 0.2) is 17.1 Å². The molecule has 0 saturated carbocycles. The van der Waals surface area contributed by atoms with Crippen molar-refractivity contribution in [3.05, 3.63) is 43.9 Å². The lowest BCUT2D eigenvalue weighted by Gasteiger charge is -2.00. The Morgan fingerprint density at radius 1 is 1.59 bits per heavy atom. The van der Waals surface area contributed by atoms with Gasteiger partial charge in [-0.2, -0.15) is 0 Å². The van der Waals surface area contributed by atoms with Gasteiger partial charge in [0.2, 0.25) is 0 Å². The molecule has 0 unspecified atom stereocenters. The fraction of sp³-hybridized carbons (Fsp3) is 0.364. The Balaban J connectivity index is 3.03. The van der Waals surface area contributed by atoms with Gasteiger partial charge in [-0.1, -0.05) is 12.2 Å². The molecule has 0 aliphatic rings. The van der Waals surface area contributed by atoms with Crippen LogP contribution in [0, 0.1) is 17.0 Å². The Labute approximate surface area is 98.5 Å². The van der Waals surface area contributed by atoms with Crippen LogP contribution in [0.1, 0.15) is 17.5 Å². The zero-order valence-electron chi connectivity index (χ0n) is 9.82. The Kier molecular flexibility index (Phi) is 4.59. The van der Waals surface area contributed by atoms with E-state index in [0.717, 1.165) is 13.0 Å². The van der Waals surface area contributed by atoms with E-state index in [0.29, 0.717) is 11.1 Å². The highest BCUT2D eigenvalue weighted by atomic mass is 16.6. The van der Waals surface area contributed by atoms with Crippen molar-refractivity contribution in [2.75, 3.05) is 13.6 Å². The van der Waals surface area contributed by atoms with Crippen molar-refractivity contribution in [2.45, 2.75) is 13.3 Å². The monoisotopic (exact) mass is 237 g/mol. The maximum atomic E-state index is 11.3. The van der Waals surface area contributed by atoms with Crippen molar-refractivity contribution in [3.63, 3.8) is 0 Å². The van der Waals surface area contributed by atoms with E-state index in [1.54, 1.807) is 13.0 Å². The molecular weight excluding hydrogens is 222 g/mol. The maximum Gasteiger partial charge on any atom is 0.337 e. The van der Waals surface area contributed by atoms with E-state index in [-0.39, 0.29) is 5.69 Å². The number of aromatic amines is 1. The van der Waals surface area contributed by atoms with Gasteiger partial charge in [-0.25, -0.2) is 0 Å². The molecule has 0 atom stereocenters. The minimum absolute atomic E-state index is 0.388. The summed E-state index contributed by atoms with van der Waals surface area (Å²) in [6, 6.07) is 0. The highest BCUT2D eigenvalue weighted by molar-refractivity contribution is 5.57. The quantitative estimate of drug-likeness (QED) is 0.457. The highest BCUT2D eigenvalue weighted by Crippen LogP contribution is 2.16. The van der Waals surface area contributed by atoms with E-state index in [9.17, 15) is 14.9 Å². The zero-order valence-corrected chi connectivity index (χ0v) is 9.82. The Hall–Kier alpha value is -1.95. The molecule has 17 heavy (non-hydrogen) atoms. The Morgan fingerprint density at radius 2 is 2.29 bits per heavy atom. The van der Waals surface area contributed by atoms with Crippen molar-refractivity contribution in [1.82, 2.24) is 10.3 Å². The van der Waals surface area contributed by atoms with E-state index in [1.165, 1.54) is 6.20 Å². The summed E-state index contributed by atoms with van der Waals surface area (Å²) in [5.41, 5.74) is -0.00694. The molecule has 1 aromatic heterocycles. The Morgan fingerprint density at radius 3 is 2.88 bits per heavy atom. The van der Waals surface area contributed by atoms with Gasteiger partial charge in [0, 0.05) is 17.3 Å². The van der Waals surface area contributed by atoms with Gasteiger partial charge in [0.05, 0.1) is 4.92 Å². The number of rotatable bonds is 5. The van der Waals surface area contributed by atoms with Crippen LogP contribution in [0.5, 0.6) is 0 Å². The average molecular weight is 237 g/mol. The third-order valence-electron chi connectivity index (χ3n) is 2.40. The fourth-order valence-electron chi connectivity index (χ4n) is 1.46. The molecular formula is C11H15N3O3. The summed E-state index contributed by atoms with van der Waals surface area (Å²) >= 11 is 0. The minimum Gasteiger partial charge on any atom is -0.323 e. The van der Waals surface area contributed by atoms with Gasteiger partial charge in [0.15, 0.2) is 0 Å². The molecule has 1 heterocycles. The molecule has 0 aromatic carbocycles. The fourth-order valence-corrected chi connectivity index (χ4v) is 1.46. The van der Waals surface area contributed by atoms with Crippen LogP contribution in [0.2, 0.25) is 0 Å². The highest BCUT2D eigenvalue weighted by Gasteiger charge is 2.17. The first-order valence-corrected chi connectivity index (χ1v) is 5.25. The Bertz CT molecular complexity index is 491. The first kappa shape index (κ1) is 13.1. The van der Waals surface area contributed by atoms with Crippen LogP contribution in [0.4, 0.5) is 5.69 Å². The van der Waals surface area contributed by atoms with Gasteiger partial charge in [-0.05, 0) is 26.9 Å². The van der Waals surface area contributed by atoms with Gasteiger partial charge < -0.3 is 10.3 Å². The summed E-state index contributed by atoms with van der Waals surface area (Å²) in [6.07, 6.45) is 5.99. The van der Waals surface area contributed by atoms with E-state index in [4.69, 9.17) is 0 Å². The van der Waals surface area contributed by atoms with Crippen LogP contribution in [0.25, 0.3) is 6.08 Å². The van der Waals surface area contributed by atoms with Crippen LogP contribution in [-0.4, -0.2) is 23.5 Å². The lowest BCUT2D eigenvalue weighted by atomic mass is 10.1. The number of nitro groups is 1. The molecule has 0 saturated heterocycles. The summed E-state index contributed by atoms with van der Waals surface area (Å²) in [5, 5.41) is 13.7. The molecule has 0 fully saturated rings. The molecule has 2 N–H and O–H groups in total. The molecule has 0 aliphatic carbocycles. The molecule has 92 valence electrons. The SMILES string of the molecule is CNCCC=Cc1c[nH]c(=O)c([N+](=O)[O-])c1C. The second kappa shape index (κ2) is 5.95. The number of nitrogens with zero attached hydrogens (tertiary/aromatic N) is 1. The van der Waals surface area contributed by atoms with Gasteiger partial charge in [0.1, 0.15) is 0 Å². The lowest BCUT2D eigenvalue weighted by molar-refractivity contribution is -0.386. The second-order valence-corrected chi connectivity index (χ2v) is 3.60. The first-order chi connectivity index (χ1) is 8.07. The van der Waals surface area contributed by atoms with Gasteiger partial charge in [0.25, 0.3) is 0 Å². The van der Waals surface area contributed by atoms with Crippen LogP contribution in [-0.2, 0) is 0 Å². The molecule has 0 amide bonds. The van der Waals surface area contributed by atoms with Gasteiger partial charge in [-0.15, -0.1) is 0 Å². The smallest absolute Gasteiger partial charge is 0.323 e. The van der Waals surface area contributed by atoms with E-state index in [2.05, 4.69) is 10.3 Å². The number of hydrogen-bond acceptors (Lipinski definition) is 4. The molecule has 1 aromatic rings. The number of hydrogen-bond donors (Lipinski definition) is 2. The van der Waals surface area contributed by atoms with Crippen molar-refractivity contribution >= 4 is 11.8 Å². The van der Waals surface area contributed by atoms with Gasteiger partial charge >= 0.3 is 11.2 Å². The van der Waals surface area contributed by atoms with Crippen molar-refractivity contribution in [2.24, 2.45) is 0 Å². The normalized spacial score (nSPS) is 10.9. The minimum atomic E-state index is -0.667. The summed E-state index contributed by atoms with van der Waals surface area (Å²) in [6.45, 7) is 2.41. The molecule has 1 rings (SSSR count). The van der Waals surface area contributed by atoms with E-state index < -0.39 is 10.5 Å². The summed E-state index contributed by atoms with van der Waals surface area (Å²) in [7, 11) is 1.85. The second-order valence-electron chi connectivity index (χ2n) is 3.60. The maximum absolute atomic E-state index is 11.3. The van der Waals surface area contributed by atoms with Crippen molar-refractivity contribution in [3.8, 4) is 0 Å². The van der Waals surface area contributed by atoms with Crippen molar-refractivity contribution < 1.29 is 4.92 Å². The molecule has 0 radical (unpaired) electrons. The van der Waals surface area contributed by atoms with Crippen molar-refractivity contribution in [1.29, 1.82) is 0 Å². The third kappa shape index (κ3) is 3.25. The molecule has 6 nitrogen and oxygen atoms in total. The number of H-pyrrole nitrogens is 1. The standard InChI is InChI=1S/C11H15N3O3/c1-8-9(5-3-4-6-12-2)7-13-11(15)10(8)14(16)17/h3,5,7,12H,4,6H2,1-2H3,(H,13,15). The van der Waals surface area contributed by atoms with Crippen LogP contribution in [0.3, 0.4) is 0 Å². The van der Waals surface area contributed by atoms with E-state index in [1.807, 2.05) is 13.1 Å². The largest absolute Gasteiger partial charge is 0.337 e.